The maximum absolute atomic E-state index is 11.9. The maximum Gasteiger partial charge on any atom is 0.750 e. The Balaban J connectivity index is 1.61. The van der Waals surface area contributed by atoms with Crippen molar-refractivity contribution in [3.05, 3.63) is 53.1 Å². The molecule has 0 radical (unpaired) electrons. The summed E-state index contributed by atoms with van der Waals surface area (Å²) in [6.07, 6.45) is -3.65. The highest BCUT2D eigenvalue weighted by molar-refractivity contribution is 7.33. The van der Waals surface area contributed by atoms with Gasteiger partial charge in [-0.1, -0.05) is 18.2 Å². The highest BCUT2D eigenvalue weighted by Crippen LogP contribution is 2.32. The highest BCUT2D eigenvalue weighted by atomic mass is 31.1. The number of ether oxygens (including phenoxy) is 1. The molecule has 1 saturated heterocycles. The minimum atomic E-state index is -2.51. The molecule has 1 unspecified atom stereocenters. The lowest BCUT2D eigenvalue weighted by atomic mass is 10.1. The number of hydrogen-bond acceptors (Lipinski definition) is 9. The van der Waals surface area contributed by atoms with E-state index in [4.69, 9.17) is 19.5 Å². The molecule has 1 aromatic carbocycles. The molecule has 3 rings (SSSR count). The van der Waals surface area contributed by atoms with Crippen LogP contribution in [0.5, 0.6) is 5.75 Å². The Labute approximate surface area is 148 Å². The van der Waals surface area contributed by atoms with Crippen LogP contribution < -0.4 is 15.9 Å². The molecule has 11 heteroatoms. The van der Waals surface area contributed by atoms with Crippen molar-refractivity contribution in [3.8, 4) is 5.75 Å². The van der Waals surface area contributed by atoms with Crippen molar-refractivity contribution in [2.24, 2.45) is 0 Å². The van der Waals surface area contributed by atoms with E-state index in [1.807, 2.05) is 0 Å². The SMILES string of the molecule is Nc1ccn([C@@H]2O[C@H](CO[P+](=O)Oc3ccccc3)[C@@H](O)[C@H]2O)c(=O)n1. The van der Waals surface area contributed by atoms with Crippen LogP contribution in [0.3, 0.4) is 0 Å². The van der Waals surface area contributed by atoms with E-state index < -0.39 is 38.5 Å². The molecule has 0 saturated carbocycles. The molecule has 1 fully saturated rings. The van der Waals surface area contributed by atoms with Crippen molar-refractivity contribution in [2.75, 3.05) is 12.3 Å². The van der Waals surface area contributed by atoms with Gasteiger partial charge in [-0.25, -0.2) is 9.32 Å². The lowest BCUT2D eigenvalue weighted by Crippen LogP contribution is -2.36. The first-order valence-corrected chi connectivity index (χ1v) is 8.74. The summed E-state index contributed by atoms with van der Waals surface area (Å²) in [6, 6.07) is 9.77. The molecule has 1 aromatic heterocycles. The summed E-state index contributed by atoms with van der Waals surface area (Å²) < 4.78 is 28.4. The minimum Gasteiger partial charge on any atom is -0.387 e. The average molecular weight is 382 g/mol. The molecule has 1 aliphatic rings. The number of aromatic nitrogens is 2. The van der Waals surface area contributed by atoms with Gasteiger partial charge in [-0.15, -0.1) is 4.52 Å². The zero-order valence-corrected chi connectivity index (χ0v) is 14.3. The van der Waals surface area contributed by atoms with E-state index in [9.17, 15) is 19.6 Å². The molecule has 2 heterocycles. The van der Waals surface area contributed by atoms with Gasteiger partial charge in [-0.3, -0.25) is 4.57 Å². The third-order valence-corrected chi connectivity index (χ3v) is 4.45. The minimum absolute atomic E-state index is 0.0224. The number of para-hydroxylation sites is 1. The summed E-state index contributed by atoms with van der Waals surface area (Å²) >= 11 is 0. The number of rotatable bonds is 6. The second-order valence-electron chi connectivity index (χ2n) is 5.51. The Morgan fingerprint density at radius 1 is 1.23 bits per heavy atom. The summed E-state index contributed by atoms with van der Waals surface area (Å²) in [5.74, 6) is 0.383. The van der Waals surface area contributed by atoms with Crippen LogP contribution in [-0.2, 0) is 13.8 Å². The van der Waals surface area contributed by atoms with Crippen LogP contribution >= 0.6 is 8.25 Å². The Bertz CT molecular complexity index is 831. The molecule has 10 nitrogen and oxygen atoms in total. The van der Waals surface area contributed by atoms with E-state index in [0.717, 1.165) is 4.57 Å². The van der Waals surface area contributed by atoms with Crippen LogP contribution in [0.25, 0.3) is 0 Å². The lowest BCUT2D eigenvalue weighted by Gasteiger charge is -2.16. The molecule has 138 valence electrons. The van der Waals surface area contributed by atoms with Crippen LogP contribution in [-0.4, -0.2) is 44.7 Å². The van der Waals surface area contributed by atoms with Crippen LogP contribution in [0.2, 0.25) is 0 Å². The number of nitrogens with zero attached hydrogens (tertiary/aromatic N) is 2. The molecule has 0 aliphatic carbocycles. The van der Waals surface area contributed by atoms with Crippen molar-refractivity contribution >= 4 is 14.1 Å². The summed E-state index contributed by atoms with van der Waals surface area (Å²) in [5.41, 5.74) is 4.68. The lowest BCUT2D eigenvalue weighted by molar-refractivity contribution is -0.0515. The smallest absolute Gasteiger partial charge is 0.387 e. The first kappa shape index (κ1) is 18.4. The molecular formula is C15H17N3O7P+. The zero-order valence-electron chi connectivity index (χ0n) is 13.4. The van der Waals surface area contributed by atoms with Crippen LogP contribution in [0.1, 0.15) is 6.23 Å². The van der Waals surface area contributed by atoms with Crippen LogP contribution in [0.15, 0.2) is 47.4 Å². The fraction of sp³-hybridized carbons (Fsp3) is 0.333. The van der Waals surface area contributed by atoms with Crippen molar-refractivity contribution in [1.29, 1.82) is 0 Å². The van der Waals surface area contributed by atoms with E-state index in [1.54, 1.807) is 30.3 Å². The molecule has 4 N–H and O–H groups in total. The molecular weight excluding hydrogens is 365 g/mol. The quantitative estimate of drug-likeness (QED) is 0.596. The maximum atomic E-state index is 11.9. The van der Waals surface area contributed by atoms with Gasteiger partial charge in [0.15, 0.2) is 12.0 Å². The predicted molar refractivity (Wildman–Crippen MR) is 89.5 cm³/mol. The van der Waals surface area contributed by atoms with Gasteiger partial charge in [0.25, 0.3) is 0 Å². The second kappa shape index (κ2) is 7.90. The van der Waals surface area contributed by atoms with Crippen molar-refractivity contribution in [3.63, 3.8) is 0 Å². The van der Waals surface area contributed by atoms with Gasteiger partial charge >= 0.3 is 13.9 Å². The third kappa shape index (κ3) is 4.06. The van der Waals surface area contributed by atoms with Gasteiger partial charge in [0, 0.05) is 10.8 Å². The topological polar surface area (TPSA) is 146 Å². The summed E-state index contributed by atoms with van der Waals surface area (Å²) in [4.78, 5) is 15.4. The fourth-order valence-corrected chi connectivity index (χ4v) is 3.06. The standard InChI is InChI=1S/C15H16N3O7P/c16-11-6-7-18(15(21)17-11)14-13(20)12(19)10(24-14)8-23-26(22)25-9-4-2-1-3-5-9/h1-7,10,12-14,19-20H,8H2,(H-,16,17,21)/p+1/t10-,12-,13-,14-/m1/s1. The normalized spacial score (nSPS) is 25.8. The molecule has 0 bridgehead atoms. The fourth-order valence-electron chi connectivity index (χ4n) is 2.44. The first-order valence-electron chi connectivity index (χ1n) is 7.65. The van der Waals surface area contributed by atoms with E-state index in [-0.39, 0.29) is 12.4 Å². The van der Waals surface area contributed by atoms with Gasteiger partial charge in [0.05, 0.1) is 0 Å². The molecule has 0 spiro atoms. The van der Waals surface area contributed by atoms with Gasteiger partial charge in [-0.2, -0.15) is 4.98 Å². The largest absolute Gasteiger partial charge is 0.750 e. The zero-order chi connectivity index (χ0) is 18.7. The van der Waals surface area contributed by atoms with E-state index >= 15 is 0 Å². The number of benzene rings is 1. The Hall–Kier alpha value is -2.36. The average Bonchev–Trinajstić information content (AvgIpc) is 2.89. The number of anilines is 1. The van der Waals surface area contributed by atoms with Crippen LogP contribution in [0.4, 0.5) is 5.82 Å². The monoisotopic (exact) mass is 382 g/mol. The Morgan fingerprint density at radius 3 is 2.65 bits per heavy atom. The Kier molecular flexibility index (Phi) is 5.60. The number of aliphatic hydroxyl groups is 2. The van der Waals surface area contributed by atoms with Crippen molar-refractivity contribution in [1.82, 2.24) is 9.55 Å². The number of aliphatic hydroxyl groups excluding tert-OH is 2. The molecule has 5 atom stereocenters. The first-order chi connectivity index (χ1) is 12.5. The summed E-state index contributed by atoms with van der Waals surface area (Å²) in [7, 11) is -2.51. The van der Waals surface area contributed by atoms with Crippen molar-refractivity contribution in [2.45, 2.75) is 24.5 Å². The molecule has 0 amide bonds. The number of nitrogens with two attached hydrogens (primary N) is 1. The number of nitrogen functional groups attached to an aromatic ring is 1. The molecule has 26 heavy (non-hydrogen) atoms. The number of hydrogen-bond donors (Lipinski definition) is 3. The molecule has 2 aromatic rings. The van der Waals surface area contributed by atoms with E-state index in [2.05, 4.69) is 4.98 Å². The van der Waals surface area contributed by atoms with E-state index in [0.29, 0.717) is 5.75 Å². The molecule has 1 aliphatic heterocycles. The summed E-state index contributed by atoms with van der Waals surface area (Å²) in [5, 5.41) is 20.2. The van der Waals surface area contributed by atoms with Gasteiger partial charge in [0.1, 0.15) is 30.7 Å². The van der Waals surface area contributed by atoms with E-state index in [1.165, 1.54) is 12.3 Å². The second-order valence-corrected chi connectivity index (χ2v) is 6.40. The summed E-state index contributed by atoms with van der Waals surface area (Å²) in [6.45, 7) is -0.312. The third-order valence-electron chi connectivity index (χ3n) is 3.73. The van der Waals surface area contributed by atoms with Gasteiger partial charge < -0.3 is 20.7 Å². The van der Waals surface area contributed by atoms with Crippen LogP contribution in [0, 0.1) is 0 Å². The van der Waals surface area contributed by atoms with Gasteiger partial charge in [-0.05, 0) is 18.2 Å². The highest BCUT2D eigenvalue weighted by Gasteiger charge is 2.45. The Morgan fingerprint density at radius 2 is 1.96 bits per heavy atom. The van der Waals surface area contributed by atoms with Gasteiger partial charge in [0.2, 0.25) is 0 Å². The van der Waals surface area contributed by atoms with Crippen molar-refractivity contribution < 1.29 is 28.6 Å². The predicted octanol–water partition coefficient (Wildman–Crippen LogP) is 0.198.